The second-order valence-corrected chi connectivity index (χ2v) is 5.06. The van der Waals surface area contributed by atoms with E-state index in [9.17, 15) is 0 Å². The molecule has 0 aliphatic carbocycles. The highest BCUT2D eigenvalue weighted by atomic mass is 32.1. The Balaban J connectivity index is 2.92. The van der Waals surface area contributed by atoms with Crippen LogP contribution in [0.1, 0.15) is 37.9 Å². The summed E-state index contributed by atoms with van der Waals surface area (Å²) in [6.45, 7) is 10.0. The van der Waals surface area contributed by atoms with Crippen LogP contribution in [0.3, 0.4) is 0 Å². The van der Waals surface area contributed by atoms with E-state index < -0.39 is 0 Å². The largest absolute Gasteiger partial charge is 0.370 e. The molecule has 0 atom stereocenters. The van der Waals surface area contributed by atoms with Crippen molar-refractivity contribution >= 4 is 17.2 Å². The van der Waals surface area contributed by atoms with Gasteiger partial charge < -0.3 is 5.32 Å². The zero-order valence-corrected chi connectivity index (χ0v) is 10.7. The summed E-state index contributed by atoms with van der Waals surface area (Å²) in [6, 6.07) is 0. The Morgan fingerprint density at radius 1 is 1.33 bits per heavy atom. The van der Waals surface area contributed by atoms with Gasteiger partial charge in [0.15, 0.2) is 0 Å². The van der Waals surface area contributed by atoms with Gasteiger partial charge >= 0.3 is 0 Å². The van der Waals surface area contributed by atoms with Crippen molar-refractivity contribution in [3.05, 3.63) is 23.3 Å². The number of nitrogens with one attached hydrogen (secondary N) is 1. The number of thiocarbonyl (C=S) groups is 1. The molecule has 0 bridgehead atoms. The summed E-state index contributed by atoms with van der Waals surface area (Å²) in [5, 5.41) is 3.22. The van der Waals surface area contributed by atoms with Crippen LogP contribution in [0.25, 0.3) is 0 Å². The zero-order chi connectivity index (χ0) is 11.6. The van der Waals surface area contributed by atoms with Gasteiger partial charge in [0.05, 0.1) is 11.4 Å². The summed E-state index contributed by atoms with van der Waals surface area (Å²) in [6.07, 6.45) is 1.74. The van der Waals surface area contributed by atoms with E-state index in [-0.39, 0.29) is 5.54 Å². The van der Waals surface area contributed by atoms with Crippen molar-refractivity contribution in [2.75, 3.05) is 0 Å². The van der Waals surface area contributed by atoms with Crippen LogP contribution in [-0.2, 0) is 0 Å². The highest BCUT2D eigenvalue weighted by Crippen LogP contribution is 2.07. The van der Waals surface area contributed by atoms with Crippen molar-refractivity contribution < 1.29 is 0 Å². The number of rotatable bonds is 1. The standard InChI is InChI=1S/C11H17N3S/c1-7-6-12-9(8(2)13-7)10(15)14-11(3,4)5/h6H,1-5H3,(H,14,15). The minimum Gasteiger partial charge on any atom is -0.370 e. The van der Waals surface area contributed by atoms with Gasteiger partial charge in [0.1, 0.15) is 10.7 Å². The topological polar surface area (TPSA) is 37.8 Å². The Morgan fingerprint density at radius 2 is 1.93 bits per heavy atom. The fraction of sp³-hybridized carbons (Fsp3) is 0.545. The Kier molecular flexibility index (Phi) is 3.39. The number of hydrogen-bond donors (Lipinski definition) is 1. The van der Waals surface area contributed by atoms with Gasteiger partial charge in [-0.15, -0.1) is 0 Å². The molecule has 0 unspecified atom stereocenters. The van der Waals surface area contributed by atoms with E-state index in [4.69, 9.17) is 12.2 Å². The average Bonchev–Trinajstić information content (AvgIpc) is 1.99. The van der Waals surface area contributed by atoms with Crippen molar-refractivity contribution in [3.8, 4) is 0 Å². The summed E-state index contributed by atoms with van der Waals surface area (Å²) in [4.78, 5) is 9.29. The van der Waals surface area contributed by atoms with Crippen LogP contribution >= 0.6 is 12.2 Å². The van der Waals surface area contributed by atoms with Crippen molar-refractivity contribution in [2.45, 2.75) is 40.2 Å². The second kappa shape index (κ2) is 4.23. The molecular formula is C11H17N3S. The fourth-order valence-corrected chi connectivity index (χ4v) is 1.73. The lowest BCUT2D eigenvalue weighted by Gasteiger charge is -2.22. The quantitative estimate of drug-likeness (QED) is 0.740. The normalized spacial score (nSPS) is 11.3. The van der Waals surface area contributed by atoms with E-state index >= 15 is 0 Å². The molecule has 0 saturated carbocycles. The smallest absolute Gasteiger partial charge is 0.127 e. The fourth-order valence-electron chi connectivity index (χ4n) is 1.22. The average molecular weight is 223 g/mol. The molecule has 0 radical (unpaired) electrons. The van der Waals surface area contributed by atoms with Crippen molar-refractivity contribution in [2.24, 2.45) is 0 Å². The van der Waals surface area contributed by atoms with Crippen LogP contribution in [0.2, 0.25) is 0 Å². The van der Waals surface area contributed by atoms with Crippen molar-refractivity contribution in [3.63, 3.8) is 0 Å². The lowest BCUT2D eigenvalue weighted by molar-refractivity contribution is 0.515. The Morgan fingerprint density at radius 3 is 2.40 bits per heavy atom. The molecular weight excluding hydrogens is 206 g/mol. The van der Waals surface area contributed by atoms with Gasteiger partial charge in [-0.3, -0.25) is 4.98 Å². The van der Waals surface area contributed by atoms with E-state index in [1.807, 2.05) is 13.8 Å². The molecule has 0 saturated heterocycles. The van der Waals surface area contributed by atoms with Crippen molar-refractivity contribution in [1.29, 1.82) is 0 Å². The summed E-state index contributed by atoms with van der Waals surface area (Å²) < 4.78 is 0. The summed E-state index contributed by atoms with van der Waals surface area (Å²) in [7, 11) is 0. The predicted octanol–water partition coefficient (Wildman–Crippen LogP) is 2.16. The minimum atomic E-state index is -0.0455. The molecule has 0 aliphatic heterocycles. The van der Waals surface area contributed by atoms with Crippen LogP contribution in [0.4, 0.5) is 0 Å². The van der Waals surface area contributed by atoms with E-state index in [2.05, 4.69) is 36.1 Å². The van der Waals surface area contributed by atoms with Crippen LogP contribution < -0.4 is 5.32 Å². The van der Waals surface area contributed by atoms with Gasteiger partial charge in [-0.2, -0.15) is 0 Å². The molecule has 15 heavy (non-hydrogen) atoms. The molecule has 1 aromatic heterocycles. The number of aromatic nitrogens is 2. The van der Waals surface area contributed by atoms with E-state index in [1.54, 1.807) is 6.20 Å². The van der Waals surface area contributed by atoms with Crippen LogP contribution in [0.15, 0.2) is 6.20 Å². The molecule has 1 rings (SSSR count). The first-order valence-electron chi connectivity index (χ1n) is 4.92. The van der Waals surface area contributed by atoms with Gasteiger partial charge in [-0.25, -0.2) is 4.98 Å². The predicted molar refractivity (Wildman–Crippen MR) is 66.1 cm³/mol. The van der Waals surface area contributed by atoms with Crippen LogP contribution in [0.5, 0.6) is 0 Å². The molecule has 82 valence electrons. The number of nitrogens with zero attached hydrogens (tertiary/aromatic N) is 2. The maximum atomic E-state index is 5.29. The second-order valence-electron chi connectivity index (χ2n) is 4.65. The van der Waals surface area contributed by atoms with Gasteiger partial charge in [-0.1, -0.05) is 12.2 Å². The minimum absolute atomic E-state index is 0.0455. The molecule has 1 aromatic rings. The first kappa shape index (κ1) is 12.0. The lowest BCUT2D eigenvalue weighted by Crippen LogP contribution is -2.40. The van der Waals surface area contributed by atoms with Crippen molar-refractivity contribution in [1.82, 2.24) is 15.3 Å². The number of aryl methyl sites for hydroxylation is 2. The Bertz CT molecular complexity index is 380. The third-order valence-corrected chi connectivity index (χ3v) is 2.07. The third kappa shape index (κ3) is 3.55. The Hall–Kier alpha value is -1.03. The lowest BCUT2D eigenvalue weighted by atomic mass is 10.1. The van der Waals surface area contributed by atoms with E-state index in [0.29, 0.717) is 4.99 Å². The highest BCUT2D eigenvalue weighted by Gasteiger charge is 2.15. The molecule has 0 aliphatic rings. The van der Waals surface area contributed by atoms with Gasteiger partial charge in [-0.05, 0) is 34.6 Å². The first-order valence-corrected chi connectivity index (χ1v) is 5.33. The molecule has 1 N–H and O–H groups in total. The summed E-state index contributed by atoms with van der Waals surface area (Å²) in [5.41, 5.74) is 2.51. The molecule has 0 spiro atoms. The van der Waals surface area contributed by atoms with Crippen LogP contribution in [-0.4, -0.2) is 20.5 Å². The van der Waals surface area contributed by atoms with E-state index in [0.717, 1.165) is 17.1 Å². The third-order valence-electron chi connectivity index (χ3n) is 1.77. The molecule has 1 heterocycles. The van der Waals surface area contributed by atoms with Gasteiger partial charge in [0, 0.05) is 11.7 Å². The molecule has 0 amide bonds. The van der Waals surface area contributed by atoms with Gasteiger partial charge in [0.2, 0.25) is 0 Å². The van der Waals surface area contributed by atoms with Gasteiger partial charge in [0.25, 0.3) is 0 Å². The Labute approximate surface area is 96.3 Å². The molecule has 3 nitrogen and oxygen atoms in total. The monoisotopic (exact) mass is 223 g/mol. The maximum Gasteiger partial charge on any atom is 0.127 e. The zero-order valence-electron chi connectivity index (χ0n) is 9.88. The van der Waals surface area contributed by atoms with Crippen LogP contribution in [0, 0.1) is 13.8 Å². The first-order chi connectivity index (χ1) is 6.79. The van der Waals surface area contributed by atoms with E-state index in [1.165, 1.54) is 0 Å². The summed E-state index contributed by atoms with van der Waals surface area (Å²) in [5.74, 6) is 0. The molecule has 4 heteroatoms. The SMILES string of the molecule is Cc1cnc(C(=S)NC(C)(C)C)c(C)n1. The maximum absolute atomic E-state index is 5.29. The number of hydrogen-bond acceptors (Lipinski definition) is 3. The summed E-state index contributed by atoms with van der Waals surface area (Å²) >= 11 is 5.29. The highest BCUT2D eigenvalue weighted by molar-refractivity contribution is 7.80. The molecule has 0 fully saturated rings. The molecule has 0 aromatic carbocycles.